The van der Waals surface area contributed by atoms with Gasteiger partial charge in [-0.25, -0.2) is 9.18 Å². The van der Waals surface area contributed by atoms with Gasteiger partial charge in [-0.2, -0.15) is 0 Å². The minimum atomic E-state index is -1.45. The molecule has 0 bridgehead atoms. The molecule has 0 radical (unpaired) electrons. The molecule has 5 rings (SSSR count). The summed E-state index contributed by atoms with van der Waals surface area (Å²) in [5.74, 6) is -1.24. The molecule has 1 spiro atoms. The Morgan fingerprint density at radius 1 is 0.879 bits per heavy atom. The van der Waals surface area contributed by atoms with Crippen LogP contribution in [-0.2, 0) is 16.0 Å². The number of imide groups is 2. The van der Waals surface area contributed by atoms with E-state index in [1.54, 1.807) is 32.0 Å². The van der Waals surface area contributed by atoms with Gasteiger partial charge in [0.2, 0.25) is 11.8 Å². The zero-order valence-electron chi connectivity index (χ0n) is 18.8. The van der Waals surface area contributed by atoms with Gasteiger partial charge in [0.15, 0.2) is 5.41 Å². The lowest BCUT2D eigenvalue weighted by Crippen LogP contribution is -2.75. The number of piperazine rings is 1. The molecule has 8 heteroatoms. The Hall–Kier alpha value is -3.42. The van der Waals surface area contributed by atoms with Crippen LogP contribution >= 0.6 is 0 Å². The average molecular weight is 451 g/mol. The normalized spacial score (nSPS) is 22.0. The van der Waals surface area contributed by atoms with E-state index in [1.807, 2.05) is 29.2 Å². The van der Waals surface area contributed by atoms with E-state index >= 15 is 0 Å². The van der Waals surface area contributed by atoms with Crippen LogP contribution in [0.3, 0.4) is 0 Å². The number of carbonyl (C=O) groups excluding carboxylic acids is 3. The summed E-state index contributed by atoms with van der Waals surface area (Å²) in [4.78, 5) is 47.2. The van der Waals surface area contributed by atoms with Crippen LogP contribution < -0.4 is 9.80 Å². The molecular weight excluding hydrogens is 423 g/mol. The van der Waals surface area contributed by atoms with Crippen molar-refractivity contribution in [2.24, 2.45) is 5.41 Å². The fourth-order valence-electron chi connectivity index (χ4n) is 5.67. The van der Waals surface area contributed by atoms with Gasteiger partial charge < -0.3 is 9.80 Å². The highest BCUT2D eigenvalue weighted by Crippen LogP contribution is 2.47. The molecule has 2 saturated heterocycles. The molecule has 172 valence electrons. The fourth-order valence-corrected chi connectivity index (χ4v) is 5.67. The second-order valence-corrected chi connectivity index (χ2v) is 8.76. The van der Waals surface area contributed by atoms with Gasteiger partial charge in [0.1, 0.15) is 5.82 Å². The molecule has 0 N–H and O–H groups in total. The van der Waals surface area contributed by atoms with E-state index in [1.165, 1.54) is 15.9 Å². The number of amides is 4. The molecule has 0 aromatic heterocycles. The Morgan fingerprint density at radius 2 is 1.48 bits per heavy atom. The molecule has 2 aromatic rings. The largest absolute Gasteiger partial charge is 0.365 e. The van der Waals surface area contributed by atoms with Gasteiger partial charge in [-0.05, 0) is 44.0 Å². The number of rotatable bonds is 3. The number of hydrogen-bond donors (Lipinski definition) is 0. The summed E-state index contributed by atoms with van der Waals surface area (Å²) >= 11 is 0. The van der Waals surface area contributed by atoms with Gasteiger partial charge in [-0.15, -0.1) is 0 Å². The van der Waals surface area contributed by atoms with Gasteiger partial charge in [0, 0.05) is 38.4 Å². The summed E-state index contributed by atoms with van der Waals surface area (Å²) < 4.78 is 14.7. The molecule has 0 saturated carbocycles. The summed E-state index contributed by atoms with van der Waals surface area (Å²) in [5.41, 5.74) is 0.914. The standard InChI is InChI=1S/C25H27FN4O3/c1-3-28-22(31)25(23(32)29(4-2)24(28)33)15-17-9-5-7-11-19(17)30-14-13-27(16-21(25)30)20-12-8-6-10-18(20)26/h5-12,21H,3-4,13-16H2,1-2H3/t21-/m0/s1. The molecule has 2 aromatic carbocycles. The van der Waals surface area contributed by atoms with Crippen LogP contribution in [0.1, 0.15) is 19.4 Å². The Morgan fingerprint density at radius 3 is 2.12 bits per heavy atom. The third-order valence-electron chi connectivity index (χ3n) is 7.26. The molecule has 33 heavy (non-hydrogen) atoms. The summed E-state index contributed by atoms with van der Waals surface area (Å²) in [6, 6.07) is 13.3. The summed E-state index contributed by atoms with van der Waals surface area (Å²) in [6.45, 7) is 5.25. The van der Waals surface area contributed by atoms with Crippen molar-refractivity contribution in [2.45, 2.75) is 26.3 Å². The van der Waals surface area contributed by atoms with Crippen LogP contribution in [0.2, 0.25) is 0 Å². The molecule has 3 aliphatic rings. The predicted octanol–water partition coefficient (Wildman–Crippen LogP) is 2.89. The Kier molecular flexibility index (Phi) is 5.11. The van der Waals surface area contributed by atoms with E-state index in [9.17, 15) is 18.8 Å². The maximum absolute atomic E-state index is 14.7. The number of halogens is 1. The highest BCUT2D eigenvalue weighted by atomic mass is 19.1. The zero-order valence-corrected chi connectivity index (χ0v) is 18.8. The van der Waals surface area contributed by atoms with Crippen molar-refractivity contribution >= 4 is 29.2 Å². The number of benzene rings is 2. The minimum Gasteiger partial charge on any atom is -0.365 e. The van der Waals surface area contributed by atoms with Gasteiger partial charge in [0.25, 0.3) is 0 Å². The maximum Gasteiger partial charge on any atom is 0.333 e. The molecule has 3 aliphatic heterocycles. The van der Waals surface area contributed by atoms with E-state index in [0.717, 1.165) is 11.3 Å². The molecule has 3 heterocycles. The zero-order chi connectivity index (χ0) is 23.3. The summed E-state index contributed by atoms with van der Waals surface area (Å²) in [6.07, 6.45) is 0.216. The molecule has 4 amide bonds. The molecule has 2 fully saturated rings. The molecule has 0 unspecified atom stereocenters. The quantitative estimate of drug-likeness (QED) is 0.673. The van der Waals surface area contributed by atoms with Gasteiger partial charge >= 0.3 is 6.03 Å². The van der Waals surface area contributed by atoms with Crippen LogP contribution in [0, 0.1) is 11.2 Å². The third kappa shape index (κ3) is 2.96. The second kappa shape index (κ2) is 7.86. The van der Waals surface area contributed by atoms with Gasteiger partial charge in [0.05, 0.1) is 11.7 Å². The third-order valence-corrected chi connectivity index (χ3v) is 7.26. The number of anilines is 2. The Bertz CT molecular complexity index is 1110. The topological polar surface area (TPSA) is 64.2 Å². The van der Waals surface area contributed by atoms with Crippen molar-refractivity contribution in [3.05, 3.63) is 59.9 Å². The van der Waals surface area contributed by atoms with E-state index < -0.39 is 29.3 Å². The molecule has 0 aliphatic carbocycles. The molecular formula is C25H27FN4O3. The minimum absolute atomic E-state index is 0.189. The smallest absolute Gasteiger partial charge is 0.333 e. The first-order valence-electron chi connectivity index (χ1n) is 11.5. The number of urea groups is 1. The van der Waals surface area contributed by atoms with Crippen molar-refractivity contribution in [1.82, 2.24) is 9.80 Å². The van der Waals surface area contributed by atoms with Crippen molar-refractivity contribution < 1.29 is 18.8 Å². The van der Waals surface area contributed by atoms with Crippen LogP contribution in [0.25, 0.3) is 0 Å². The van der Waals surface area contributed by atoms with E-state index in [0.29, 0.717) is 25.3 Å². The average Bonchev–Trinajstić information content (AvgIpc) is 2.83. The highest BCUT2D eigenvalue weighted by molar-refractivity contribution is 6.20. The lowest BCUT2D eigenvalue weighted by atomic mass is 9.67. The number of carbonyl (C=O) groups is 3. The first-order valence-corrected chi connectivity index (χ1v) is 11.5. The van der Waals surface area contributed by atoms with Crippen LogP contribution in [0.5, 0.6) is 0 Å². The lowest BCUT2D eigenvalue weighted by molar-refractivity contribution is -0.160. The molecule has 1 atom stereocenters. The number of barbiturate groups is 1. The number of fused-ring (bicyclic) bond motifs is 4. The SMILES string of the molecule is CCN1C(=O)N(CC)C(=O)C2(Cc3ccccc3N3CCN(c4ccccc4F)C[C@H]32)C1=O. The fraction of sp³-hybridized carbons (Fsp3) is 0.400. The van der Waals surface area contributed by atoms with Gasteiger partial charge in [-0.1, -0.05) is 30.3 Å². The monoisotopic (exact) mass is 450 g/mol. The first kappa shape index (κ1) is 21.4. The number of para-hydroxylation sites is 2. The van der Waals surface area contributed by atoms with E-state index in [2.05, 4.69) is 4.90 Å². The first-order chi connectivity index (χ1) is 15.9. The molecule has 7 nitrogen and oxygen atoms in total. The predicted molar refractivity (Wildman–Crippen MR) is 122 cm³/mol. The summed E-state index contributed by atoms with van der Waals surface area (Å²) in [7, 11) is 0. The Balaban J connectivity index is 1.67. The number of hydrogen-bond acceptors (Lipinski definition) is 5. The van der Waals surface area contributed by atoms with Crippen molar-refractivity contribution in [3.63, 3.8) is 0 Å². The van der Waals surface area contributed by atoms with Crippen LogP contribution in [-0.4, -0.2) is 66.4 Å². The van der Waals surface area contributed by atoms with Crippen LogP contribution in [0.4, 0.5) is 20.6 Å². The van der Waals surface area contributed by atoms with Crippen molar-refractivity contribution in [3.8, 4) is 0 Å². The van der Waals surface area contributed by atoms with E-state index in [-0.39, 0.29) is 25.3 Å². The van der Waals surface area contributed by atoms with Crippen molar-refractivity contribution in [2.75, 3.05) is 42.5 Å². The maximum atomic E-state index is 14.7. The number of nitrogens with zero attached hydrogens (tertiary/aromatic N) is 4. The van der Waals surface area contributed by atoms with Gasteiger partial charge in [-0.3, -0.25) is 19.4 Å². The summed E-state index contributed by atoms with van der Waals surface area (Å²) in [5, 5.41) is 0. The second-order valence-electron chi connectivity index (χ2n) is 8.76. The van der Waals surface area contributed by atoms with Crippen LogP contribution in [0.15, 0.2) is 48.5 Å². The Labute approximate surface area is 192 Å². The van der Waals surface area contributed by atoms with Crippen molar-refractivity contribution in [1.29, 1.82) is 0 Å². The van der Waals surface area contributed by atoms with E-state index in [4.69, 9.17) is 0 Å². The highest BCUT2D eigenvalue weighted by Gasteiger charge is 2.64. The lowest BCUT2D eigenvalue weighted by Gasteiger charge is -2.57.